The van der Waals surface area contributed by atoms with Gasteiger partial charge in [0.05, 0.1) is 11.4 Å². The Kier molecular flexibility index (Phi) is 5.15. The summed E-state index contributed by atoms with van der Waals surface area (Å²) in [7, 11) is -3.77. The van der Waals surface area contributed by atoms with Crippen LogP contribution in [0.15, 0.2) is 41.3 Å². The third kappa shape index (κ3) is 4.14. The number of ether oxygens (including phenoxy) is 2. The van der Waals surface area contributed by atoms with Crippen LogP contribution in [-0.4, -0.2) is 34.1 Å². The number of fused-ring (bicyclic) bond motifs is 1. The number of hydrogen-bond donors (Lipinski definition) is 2. The molecule has 0 fully saturated rings. The molecule has 0 spiro atoms. The third-order valence-electron chi connectivity index (χ3n) is 3.88. The molecule has 0 saturated heterocycles. The molecule has 1 aliphatic heterocycles. The molecule has 1 aliphatic rings. The summed E-state index contributed by atoms with van der Waals surface area (Å²) in [6.45, 7) is 4.08. The van der Waals surface area contributed by atoms with Gasteiger partial charge in [-0.05, 0) is 43.2 Å². The van der Waals surface area contributed by atoms with Crippen LogP contribution in [0.2, 0.25) is 0 Å². The van der Waals surface area contributed by atoms with Gasteiger partial charge < -0.3 is 14.8 Å². The van der Waals surface area contributed by atoms with Gasteiger partial charge in [-0.3, -0.25) is 4.79 Å². The average molecular weight is 376 g/mol. The molecule has 0 unspecified atom stereocenters. The molecule has 1 amide bonds. The molecule has 26 heavy (non-hydrogen) atoms. The van der Waals surface area contributed by atoms with Crippen LogP contribution in [0, 0.1) is 13.8 Å². The van der Waals surface area contributed by atoms with E-state index in [1.807, 2.05) is 13.0 Å². The van der Waals surface area contributed by atoms with E-state index in [-0.39, 0.29) is 11.4 Å². The van der Waals surface area contributed by atoms with E-state index in [0.717, 1.165) is 5.56 Å². The van der Waals surface area contributed by atoms with Gasteiger partial charge in [-0.1, -0.05) is 12.1 Å². The highest BCUT2D eigenvalue weighted by Gasteiger charge is 2.18. The Morgan fingerprint density at radius 3 is 2.54 bits per heavy atom. The molecule has 7 nitrogen and oxygen atoms in total. The predicted octanol–water partition coefficient (Wildman–Crippen LogP) is 1.99. The number of sulfonamides is 1. The Labute approximate surface area is 152 Å². The van der Waals surface area contributed by atoms with E-state index < -0.39 is 15.9 Å². The van der Waals surface area contributed by atoms with Crippen molar-refractivity contribution in [1.29, 1.82) is 0 Å². The van der Waals surface area contributed by atoms with Gasteiger partial charge >= 0.3 is 0 Å². The first-order chi connectivity index (χ1) is 12.3. The number of anilines is 1. The van der Waals surface area contributed by atoms with Crippen LogP contribution in [-0.2, 0) is 14.8 Å². The number of carbonyl (C=O) groups is 1. The highest BCUT2D eigenvalue weighted by atomic mass is 32.2. The zero-order valence-electron chi connectivity index (χ0n) is 14.5. The van der Waals surface area contributed by atoms with Crippen molar-refractivity contribution in [3.05, 3.63) is 47.5 Å². The first kappa shape index (κ1) is 18.2. The van der Waals surface area contributed by atoms with E-state index >= 15 is 0 Å². The van der Waals surface area contributed by atoms with Gasteiger partial charge in [-0.25, -0.2) is 13.1 Å². The third-order valence-corrected chi connectivity index (χ3v) is 5.43. The van der Waals surface area contributed by atoms with E-state index in [1.54, 1.807) is 37.3 Å². The van der Waals surface area contributed by atoms with E-state index in [9.17, 15) is 13.2 Å². The topological polar surface area (TPSA) is 93.7 Å². The number of rotatable bonds is 5. The van der Waals surface area contributed by atoms with Crippen LogP contribution in [0.5, 0.6) is 11.5 Å². The minimum absolute atomic E-state index is 0.171. The lowest BCUT2D eigenvalue weighted by atomic mass is 10.2. The van der Waals surface area contributed by atoms with Crippen molar-refractivity contribution < 1.29 is 22.7 Å². The minimum Gasteiger partial charge on any atom is -0.486 e. The summed E-state index contributed by atoms with van der Waals surface area (Å²) >= 11 is 0. The van der Waals surface area contributed by atoms with E-state index in [0.29, 0.717) is 36.0 Å². The molecule has 0 radical (unpaired) electrons. The van der Waals surface area contributed by atoms with Crippen molar-refractivity contribution in [3.8, 4) is 11.5 Å². The van der Waals surface area contributed by atoms with Crippen LogP contribution in [0.1, 0.15) is 11.1 Å². The number of hydrogen-bond acceptors (Lipinski definition) is 5. The number of carbonyl (C=O) groups excluding carboxylic acids is 1. The molecule has 0 saturated carbocycles. The zero-order valence-corrected chi connectivity index (χ0v) is 15.4. The SMILES string of the molecule is Cc1ccc(C)c(S(=O)(=O)NCC(=O)Nc2ccc3c(c2)OCCO3)c1. The first-order valence-electron chi connectivity index (χ1n) is 8.11. The van der Waals surface area contributed by atoms with Crippen LogP contribution in [0.4, 0.5) is 5.69 Å². The highest BCUT2D eigenvalue weighted by Crippen LogP contribution is 2.32. The second-order valence-corrected chi connectivity index (χ2v) is 7.74. The maximum atomic E-state index is 12.4. The summed E-state index contributed by atoms with van der Waals surface area (Å²) in [5.74, 6) is 0.686. The van der Waals surface area contributed by atoms with Gasteiger partial charge in [-0.2, -0.15) is 0 Å². The van der Waals surface area contributed by atoms with Crippen molar-refractivity contribution in [2.24, 2.45) is 0 Å². The van der Waals surface area contributed by atoms with Crippen molar-refractivity contribution >= 4 is 21.6 Å². The van der Waals surface area contributed by atoms with E-state index in [2.05, 4.69) is 10.0 Å². The van der Waals surface area contributed by atoms with Gasteiger partial charge in [0, 0.05) is 11.8 Å². The van der Waals surface area contributed by atoms with Gasteiger partial charge in [-0.15, -0.1) is 0 Å². The molecule has 3 rings (SSSR count). The lowest BCUT2D eigenvalue weighted by Crippen LogP contribution is -2.33. The minimum atomic E-state index is -3.77. The maximum absolute atomic E-state index is 12.4. The quantitative estimate of drug-likeness (QED) is 0.832. The monoisotopic (exact) mass is 376 g/mol. The molecule has 2 aromatic carbocycles. The molecular formula is C18H20N2O5S. The average Bonchev–Trinajstić information content (AvgIpc) is 2.62. The van der Waals surface area contributed by atoms with Crippen LogP contribution in [0.25, 0.3) is 0 Å². The van der Waals surface area contributed by atoms with Gasteiger partial charge in [0.1, 0.15) is 13.2 Å². The Hall–Kier alpha value is -2.58. The predicted molar refractivity (Wildman–Crippen MR) is 97.2 cm³/mol. The van der Waals surface area contributed by atoms with E-state index in [1.165, 1.54) is 0 Å². The van der Waals surface area contributed by atoms with E-state index in [4.69, 9.17) is 9.47 Å². The lowest BCUT2D eigenvalue weighted by Gasteiger charge is -2.19. The summed E-state index contributed by atoms with van der Waals surface area (Å²) in [4.78, 5) is 12.3. The molecule has 0 aromatic heterocycles. The Balaban J connectivity index is 1.64. The number of aryl methyl sites for hydroxylation is 2. The summed E-state index contributed by atoms with van der Waals surface area (Å²) in [6, 6.07) is 10.2. The fraction of sp³-hybridized carbons (Fsp3) is 0.278. The normalized spacial score (nSPS) is 13.3. The molecule has 1 heterocycles. The molecular weight excluding hydrogens is 356 g/mol. The lowest BCUT2D eigenvalue weighted by molar-refractivity contribution is -0.115. The maximum Gasteiger partial charge on any atom is 0.241 e. The second-order valence-electron chi connectivity index (χ2n) is 6.00. The van der Waals surface area contributed by atoms with Crippen molar-refractivity contribution in [1.82, 2.24) is 4.72 Å². The van der Waals surface area contributed by atoms with Crippen molar-refractivity contribution in [2.45, 2.75) is 18.7 Å². The summed E-state index contributed by atoms with van der Waals surface area (Å²) in [6.07, 6.45) is 0. The zero-order chi connectivity index (χ0) is 18.7. The Bertz CT molecular complexity index is 941. The standard InChI is InChI=1S/C18H20N2O5S/c1-12-3-4-13(2)17(9-12)26(22,23)19-11-18(21)20-14-5-6-15-16(10-14)25-8-7-24-15/h3-6,9-10,19H,7-8,11H2,1-2H3,(H,20,21). The molecule has 2 aromatic rings. The highest BCUT2D eigenvalue weighted by molar-refractivity contribution is 7.89. The molecule has 0 atom stereocenters. The van der Waals surface area contributed by atoms with Crippen LogP contribution in [0.3, 0.4) is 0 Å². The number of amides is 1. The number of benzene rings is 2. The fourth-order valence-electron chi connectivity index (χ4n) is 2.56. The molecule has 8 heteroatoms. The summed E-state index contributed by atoms with van der Waals surface area (Å²) in [5.41, 5.74) is 1.96. The second kappa shape index (κ2) is 7.35. The molecule has 138 valence electrons. The van der Waals surface area contributed by atoms with Crippen LogP contribution < -0.4 is 19.5 Å². The number of nitrogens with one attached hydrogen (secondary N) is 2. The molecule has 2 N–H and O–H groups in total. The van der Waals surface area contributed by atoms with Crippen LogP contribution >= 0.6 is 0 Å². The summed E-state index contributed by atoms with van der Waals surface area (Å²) in [5, 5.41) is 2.64. The van der Waals surface area contributed by atoms with Crippen molar-refractivity contribution in [2.75, 3.05) is 25.1 Å². The Morgan fingerprint density at radius 1 is 1.04 bits per heavy atom. The molecule has 0 bridgehead atoms. The van der Waals surface area contributed by atoms with Crippen molar-refractivity contribution in [3.63, 3.8) is 0 Å². The smallest absolute Gasteiger partial charge is 0.241 e. The fourth-order valence-corrected chi connectivity index (χ4v) is 3.87. The van der Waals surface area contributed by atoms with Gasteiger partial charge in [0.15, 0.2) is 11.5 Å². The Morgan fingerprint density at radius 2 is 1.77 bits per heavy atom. The first-order valence-corrected chi connectivity index (χ1v) is 9.60. The van der Waals surface area contributed by atoms with Gasteiger partial charge in [0.25, 0.3) is 0 Å². The summed E-state index contributed by atoms with van der Waals surface area (Å²) < 4.78 is 38.1. The largest absolute Gasteiger partial charge is 0.486 e. The van der Waals surface area contributed by atoms with Gasteiger partial charge in [0.2, 0.25) is 15.9 Å². The molecule has 0 aliphatic carbocycles.